The highest BCUT2D eigenvalue weighted by Crippen LogP contribution is 2.59. The Balaban J connectivity index is 1.59. The van der Waals surface area contributed by atoms with Gasteiger partial charge < -0.3 is 10.6 Å². The molecule has 0 unspecified atom stereocenters. The van der Waals surface area contributed by atoms with E-state index in [-0.39, 0.29) is 5.92 Å². The number of hydrogen-bond donors (Lipinski definition) is 2. The molecule has 3 rings (SSSR count). The SMILES string of the molecule is S=C(Nc1ccccc1)Nc1ccc([C@H]2CC2(Cl)Cl)cc1. The van der Waals surface area contributed by atoms with Crippen LogP contribution in [0.15, 0.2) is 54.6 Å². The van der Waals surface area contributed by atoms with E-state index in [1.807, 2.05) is 54.6 Å². The quantitative estimate of drug-likeness (QED) is 0.598. The van der Waals surface area contributed by atoms with Crippen LogP contribution in [0.2, 0.25) is 0 Å². The number of hydrogen-bond acceptors (Lipinski definition) is 1. The topological polar surface area (TPSA) is 24.1 Å². The van der Waals surface area contributed by atoms with E-state index in [1.54, 1.807) is 0 Å². The zero-order valence-corrected chi connectivity index (χ0v) is 13.5. The lowest BCUT2D eigenvalue weighted by atomic mass is 10.1. The molecule has 2 N–H and O–H groups in total. The van der Waals surface area contributed by atoms with Crippen molar-refractivity contribution in [3.05, 3.63) is 60.2 Å². The Bertz CT molecular complexity index is 641. The van der Waals surface area contributed by atoms with Crippen LogP contribution >= 0.6 is 35.4 Å². The molecule has 2 nitrogen and oxygen atoms in total. The summed E-state index contributed by atoms with van der Waals surface area (Å²) in [5.41, 5.74) is 3.05. The molecule has 21 heavy (non-hydrogen) atoms. The largest absolute Gasteiger partial charge is 0.332 e. The maximum absolute atomic E-state index is 6.08. The molecule has 0 saturated heterocycles. The van der Waals surface area contributed by atoms with Crippen molar-refractivity contribution >= 4 is 51.9 Å². The molecule has 0 radical (unpaired) electrons. The summed E-state index contributed by atoms with van der Waals surface area (Å²) in [5.74, 6) is 0.240. The summed E-state index contributed by atoms with van der Waals surface area (Å²) < 4.78 is -0.584. The van der Waals surface area contributed by atoms with Crippen molar-refractivity contribution in [1.82, 2.24) is 0 Å². The molecule has 1 aliphatic rings. The van der Waals surface area contributed by atoms with Crippen LogP contribution in [0, 0.1) is 0 Å². The first-order chi connectivity index (χ1) is 10.0. The fourth-order valence-corrected chi connectivity index (χ4v) is 2.98. The Hall–Kier alpha value is -1.29. The number of anilines is 2. The third kappa shape index (κ3) is 3.67. The minimum absolute atomic E-state index is 0.240. The fraction of sp³-hybridized carbons (Fsp3) is 0.188. The summed E-state index contributed by atoms with van der Waals surface area (Å²) in [6, 6.07) is 17.8. The van der Waals surface area contributed by atoms with Crippen molar-refractivity contribution in [2.75, 3.05) is 10.6 Å². The average Bonchev–Trinajstić information content (AvgIpc) is 3.09. The van der Waals surface area contributed by atoms with Crippen molar-refractivity contribution < 1.29 is 0 Å². The monoisotopic (exact) mass is 336 g/mol. The molecule has 0 aliphatic heterocycles. The van der Waals surface area contributed by atoms with E-state index >= 15 is 0 Å². The standard InChI is InChI=1S/C16H14Cl2N2S/c17-16(18)10-14(16)11-6-8-13(9-7-11)20-15(21)19-12-4-2-1-3-5-12/h1-9,14H,10H2,(H2,19,20,21)/t14-/m1/s1. The van der Waals surface area contributed by atoms with Crippen LogP contribution < -0.4 is 10.6 Å². The number of nitrogens with one attached hydrogen (secondary N) is 2. The highest BCUT2D eigenvalue weighted by molar-refractivity contribution is 7.80. The molecular weight excluding hydrogens is 323 g/mol. The van der Waals surface area contributed by atoms with Gasteiger partial charge >= 0.3 is 0 Å². The van der Waals surface area contributed by atoms with Crippen LogP contribution in [-0.2, 0) is 0 Å². The van der Waals surface area contributed by atoms with Crippen molar-refractivity contribution in [2.45, 2.75) is 16.7 Å². The predicted octanol–water partition coefficient (Wildman–Crippen LogP) is 5.16. The minimum Gasteiger partial charge on any atom is -0.332 e. The summed E-state index contributed by atoms with van der Waals surface area (Å²) >= 11 is 17.4. The molecule has 0 amide bonds. The van der Waals surface area contributed by atoms with Gasteiger partial charge in [0.05, 0.1) is 0 Å². The maximum Gasteiger partial charge on any atom is 0.175 e. The zero-order chi connectivity index (χ0) is 14.9. The normalized spacial score (nSPS) is 18.9. The Morgan fingerprint density at radius 1 is 0.952 bits per heavy atom. The first-order valence-corrected chi connectivity index (χ1v) is 7.82. The molecule has 5 heteroatoms. The van der Waals surface area contributed by atoms with E-state index in [2.05, 4.69) is 10.6 Å². The zero-order valence-electron chi connectivity index (χ0n) is 11.1. The number of rotatable bonds is 3. The van der Waals surface area contributed by atoms with Crippen LogP contribution in [0.1, 0.15) is 17.9 Å². The third-order valence-electron chi connectivity index (χ3n) is 3.43. The number of thiocarbonyl (C=S) groups is 1. The van der Waals surface area contributed by atoms with Crippen LogP contribution in [-0.4, -0.2) is 9.45 Å². The molecule has 0 spiro atoms. The molecule has 1 atom stereocenters. The van der Waals surface area contributed by atoms with Gasteiger partial charge in [0.2, 0.25) is 0 Å². The van der Waals surface area contributed by atoms with Crippen LogP contribution in [0.25, 0.3) is 0 Å². The summed E-state index contributed by atoms with van der Waals surface area (Å²) in [6.07, 6.45) is 0.816. The van der Waals surface area contributed by atoms with E-state index in [0.717, 1.165) is 23.4 Å². The summed E-state index contributed by atoms with van der Waals surface area (Å²) in [4.78, 5) is 0. The van der Waals surface area contributed by atoms with E-state index in [4.69, 9.17) is 35.4 Å². The van der Waals surface area contributed by atoms with Gasteiger partial charge in [0.15, 0.2) is 5.11 Å². The predicted molar refractivity (Wildman–Crippen MR) is 94.5 cm³/mol. The van der Waals surface area contributed by atoms with Crippen molar-refractivity contribution in [3.8, 4) is 0 Å². The molecule has 2 aromatic carbocycles. The number of benzene rings is 2. The smallest absolute Gasteiger partial charge is 0.175 e. The number of para-hydroxylation sites is 1. The van der Waals surface area contributed by atoms with Crippen molar-refractivity contribution in [3.63, 3.8) is 0 Å². The second kappa shape index (κ2) is 5.84. The lowest BCUT2D eigenvalue weighted by Gasteiger charge is -2.11. The van der Waals surface area contributed by atoms with Gasteiger partial charge in [0.1, 0.15) is 4.33 Å². The molecule has 1 saturated carbocycles. The van der Waals surface area contributed by atoms with Gasteiger partial charge in [-0.15, -0.1) is 23.2 Å². The Labute approximate surface area is 139 Å². The second-order valence-corrected chi connectivity index (χ2v) is 7.04. The maximum atomic E-state index is 6.08. The highest BCUT2D eigenvalue weighted by Gasteiger charge is 2.52. The summed E-state index contributed by atoms with van der Waals surface area (Å²) in [7, 11) is 0. The van der Waals surface area contributed by atoms with Gasteiger partial charge in [-0.1, -0.05) is 30.3 Å². The van der Waals surface area contributed by atoms with Gasteiger partial charge in [0.25, 0.3) is 0 Å². The van der Waals surface area contributed by atoms with Gasteiger partial charge in [-0.2, -0.15) is 0 Å². The number of halogens is 2. The molecule has 1 aliphatic carbocycles. The molecule has 0 aromatic heterocycles. The molecule has 1 fully saturated rings. The molecule has 0 heterocycles. The third-order valence-corrected chi connectivity index (χ3v) is 4.47. The fourth-order valence-electron chi connectivity index (χ4n) is 2.19. The van der Waals surface area contributed by atoms with Gasteiger partial charge in [-0.3, -0.25) is 0 Å². The summed E-state index contributed by atoms with van der Waals surface area (Å²) in [5, 5.41) is 6.84. The first-order valence-electron chi connectivity index (χ1n) is 6.65. The second-order valence-electron chi connectivity index (χ2n) is 5.08. The lowest BCUT2D eigenvalue weighted by molar-refractivity contribution is 1.11. The van der Waals surface area contributed by atoms with Crippen LogP contribution in [0.3, 0.4) is 0 Å². The Kier molecular flexibility index (Phi) is 4.07. The molecular formula is C16H14Cl2N2S. The van der Waals surface area contributed by atoms with Crippen molar-refractivity contribution in [2.24, 2.45) is 0 Å². The van der Waals surface area contributed by atoms with E-state index < -0.39 is 4.33 Å². The van der Waals surface area contributed by atoms with E-state index in [1.165, 1.54) is 0 Å². The number of alkyl halides is 2. The minimum atomic E-state index is -0.584. The lowest BCUT2D eigenvalue weighted by Crippen LogP contribution is -2.18. The summed E-state index contributed by atoms with van der Waals surface area (Å²) in [6.45, 7) is 0. The van der Waals surface area contributed by atoms with Gasteiger partial charge in [-0.25, -0.2) is 0 Å². The van der Waals surface area contributed by atoms with Gasteiger partial charge in [-0.05, 0) is 48.5 Å². The molecule has 0 bridgehead atoms. The van der Waals surface area contributed by atoms with Crippen LogP contribution in [0.5, 0.6) is 0 Å². The van der Waals surface area contributed by atoms with Gasteiger partial charge in [0, 0.05) is 17.3 Å². The van der Waals surface area contributed by atoms with E-state index in [0.29, 0.717) is 5.11 Å². The molecule has 108 valence electrons. The van der Waals surface area contributed by atoms with Crippen molar-refractivity contribution in [1.29, 1.82) is 0 Å². The molecule has 2 aromatic rings. The first kappa shape index (κ1) is 14.6. The van der Waals surface area contributed by atoms with Crippen LogP contribution in [0.4, 0.5) is 11.4 Å². The highest BCUT2D eigenvalue weighted by atomic mass is 35.5. The van der Waals surface area contributed by atoms with E-state index in [9.17, 15) is 0 Å². The Morgan fingerprint density at radius 3 is 2.00 bits per heavy atom. The Morgan fingerprint density at radius 2 is 1.48 bits per heavy atom. The average molecular weight is 337 g/mol.